The number of hydrogen-bond acceptors (Lipinski definition) is 3. The Hall–Kier alpha value is -1.56. The molecule has 1 aromatic carbocycles. The predicted octanol–water partition coefficient (Wildman–Crippen LogP) is 3.79. The summed E-state index contributed by atoms with van der Waals surface area (Å²) < 4.78 is 6.26. The topological polar surface area (TPSA) is 58.6 Å². The van der Waals surface area contributed by atoms with Crippen LogP contribution in [-0.2, 0) is 9.53 Å². The zero-order chi connectivity index (χ0) is 16.3. The van der Waals surface area contributed by atoms with E-state index in [0.717, 1.165) is 10.9 Å². The lowest BCUT2D eigenvalue weighted by Gasteiger charge is -2.28. The summed E-state index contributed by atoms with van der Waals surface area (Å²) in [6.45, 7) is 6.00. The van der Waals surface area contributed by atoms with Crippen molar-refractivity contribution in [1.29, 1.82) is 0 Å². The van der Waals surface area contributed by atoms with E-state index in [4.69, 9.17) is 4.74 Å². The van der Waals surface area contributed by atoms with E-state index in [1.807, 2.05) is 45.0 Å². The maximum absolute atomic E-state index is 12.4. The van der Waals surface area contributed by atoms with Gasteiger partial charge in [0.25, 0.3) is 0 Å². The van der Waals surface area contributed by atoms with Gasteiger partial charge < -0.3 is 10.1 Å². The Labute approximate surface area is 139 Å². The van der Waals surface area contributed by atoms with Gasteiger partial charge in [-0.15, -0.1) is 0 Å². The van der Waals surface area contributed by atoms with E-state index in [2.05, 4.69) is 21.2 Å². The minimum Gasteiger partial charge on any atom is -0.444 e. The normalized spacial score (nSPS) is 18.2. The van der Waals surface area contributed by atoms with Gasteiger partial charge in [-0.25, -0.2) is 4.79 Å². The van der Waals surface area contributed by atoms with Gasteiger partial charge in [0.2, 0.25) is 5.91 Å². The van der Waals surface area contributed by atoms with Crippen LogP contribution in [0, 0.1) is 0 Å². The maximum atomic E-state index is 12.4. The van der Waals surface area contributed by atoms with E-state index < -0.39 is 17.7 Å². The molecular formula is C16H21BrN2O3. The summed E-state index contributed by atoms with van der Waals surface area (Å²) in [5.41, 5.74) is 0.140. The van der Waals surface area contributed by atoms with Gasteiger partial charge in [-0.2, -0.15) is 0 Å². The number of anilines is 1. The molecule has 1 N–H and O–H groups in total. The van der Waals surface area contributed by atoms with Crippen LogP contribution >= 0.6 is 15.9 Å². The van der Waals surface area contributed by atoms with Crippen molar-refractivity contribution in [2.75, 3.05) is 11.9 Å². The average Bonchev–Trinajstić information content (AvgIpc) is 2.85. The van der Waals surface area contributed by atoms with E-state index in [9.17, 15) is 9.59 Å². The number of amides is 2. The minimum atomic E-state index is -0.564. The van der Waals surface area contributed by atoms with Crippen LogP contribution in [-0.4, -0.2) is 35.1 Å². The lowest BCUT2D eigenvalue weighted by Crippen LogP contribution is -2.45. The van der Waals surface area contributed by atoms with Crippen LogP contribution in [0.3, 0.4) is 0 Å². The van der Waals surface area contributed by atoms with Crippen molar-refractivity contribution < 1.29 is 14.3 Å². The molecule has 1 atom stereocenters. The smallest absolute Gasteiger partial charge is 0.410 e. The molecule has 22 heavy (non-hydrogen) atoms. The van der Waals surface area contributed by atoms with Crippen molar-refractivity contribution in [2.45, 2.75) is 45.3 Å². The molecule has 1 heterocycles. The molecule has 1 aliphatic heterocycles. The molecule has 0 radical (unpaired) electrons. The summed E-state index contributed by atoms with van der Waals surface area (Å²) in [4.78, 5) is 26.1. The van der Waals surface area contributed by atoms with Crippen LogP contribution in [0.15, 0.2) is 28.7 Å². The summed E-state index contributed by atoms with van der Waals surface area (Å²) in [7, 11) is 0. The highest BCUT2D eigenvalue weighted by atomic mass is 79.9. The Morgan fingerprint density at radius 3 is 2.73 bits per heavy atom. The Morgan fingerprint density at radius 1 is 1.36 bits per heavy atom. The number of rotatable bonds is 2. The molecule has 1 unspecified atom stereocenters. The first-order valence-corrected chi connectivity index (χ1v) is 8.11. The number of nitrogens with one attached hydrogen (secondary N) is 1. The van der Waals surface area contributed by atoms with Crippen molar-refractivity contribution >= 4 is 33.6 Å². The van der Waals surface area contributed by atoms with E-state index in [-0.39, 0.29) is 5.91 Å². The molecule has 1 saturated heterocycles. The number of carbonyl (C=O) groups excluding carboxylic acids is 2. The molecule has 0 aromatic heterocycles. The van der Waals surface area contributed by atoms with E-state index >= 15 is 0 Å². The van der Waals surface area contributed by atoms with Gasteiger partial charge in [0.05, 0.1) is 0 Å². The maximum Gasteiger partial charge on any atom is 0.410 e. The molecule has 1 fully saturated rings. The Kier molecular flexibility index (Phi) is 5.11. The SMILES string of the molecule is CC(C)(C)OC(=O)N1CCCC1C(=O)Nc1cccc(Br)c1. The number of carbonyl (C=O) groups is 2. The second-order valence-electron chi connectivity index (χ2n) is 6.33. The molecule has 0 saturated carbocycles. The Morgan fingerprint density at radius 2 is 2.09 bits per heavy atom. The largest absolute Gasteiger partial charge is 0.444 e. The molecule has 0 bridgehead atoms. The number of nitrogens with zero attached hydrogens (tertiary/aromatic N) is 1. The summed E-state index contributed by atoms with van der Waals surface area (Å²) >= 11 is 3.37. The number of halogens is 1. The van der Waals surface area contributed by atoms with Gasteiger partial charge in [-0.3, -0.25) is 9.69 Å². The van der Waals surface area contributed by atoms with Crippen molar-refractivity contribution in [1.82, 2.24) is 4.90 Å². The van der Waals surface area contributed by atoms with E-state index in [1.54, 1.807) is 0 Å². The third-order valence-electron chi connectivity index (χ3n) is 3.28. The van der Waals surface area contributed by atoms with Gasteiger partial charge >= 0.3 is 6.09 Å². The highest BCUT2D eigenvalue weighted by molar-refractivity contribution is 9.10. The van der Waals surface area contributed by atoms with Gasteiger partial charge in [-0.1, -0.05) is 22.0 Å². The van der Waals surface area contributed by atoms with Gasteiger partial charge in [0, 0.05) is 16.7 Å². The number of ether oxygens (including phenoxy) is 1. The highest BCUT2D eigenvalue weighted by Crippen LogP contribution is 2.23. The summed E-state index contributed by atoms with van der Waals surface area (Å²) in [6, 6.07) is 6.90. The van der Waals surface area contributed by atoms with Crippen molar-refractivity contribution in [3.8, 4) is 0 Å². The third-order valence-corrected chi connectivity index (χ3v) is 3.77. The van der Waals surface area contributed by atoms with Crippen LogP contribution in [0.25, 0.3) is 0 Å². The summed E-state index contributed by atoms with van der Waals surface area (Å²) in [5, 5.41) is 2.85. The van der Waals surface area contributed by atoms with E-state index in [1.165, 1.54) is 4.90 Å². The number of hydrogen-bond donors (Lipinski definition) is 1. The second kappa shape index (κ2) is 6.69. The molecule has 1 aromatic rings. The lowest BCUT2D eigenvalue weighted by molar-refractivity contribution is -0.120. The Balaban J connectivity index is 2.03. The monoisotopic (exact) mass is 368 g/mol. The molecule has 6 heteroatoms. The third kappa shape index (κ3) is 4.47. The second-order valence-corrected chi connectivity index (χ2v) is 7.25. The summed E-state index contributed by atoms with van der Waals surface area (Å²) in [6.07, 6.45) is 1.02. The van der Waals surface area contributed by atoms with Gasteiger partial charge in [0.15, 0.2) is 0 Å². The standard InChI is InChI=1S/C16H21BrN2O3/c1-16(2,3)22-15(21)19-9-5-8-13(19)14(20)18-12-7-4-6-11(17)10-12/h4,6-7,10,13H,5,8-9H2,1-3H3,(H,18,20). The van der Waals surface area contributed by atoms with Crippen molar-refractivity contribution in [3.63, 3.8) is 0 Å². The molecule has 5 nitrogen and oxygen atoms in total. The van der Waals surface area contributed by atoms with Crippen molar-refractivity contribution in [3.05, 3.63) is 28.7 Å². The van der Waals surface area contributed by atoms with Crippen LogP contribution in [0.4, 0.5) is 10.5 Å². The molecule has 1 aliphatic rings. The predicted molar refractivity (Wildman–Crippen MR) is 88.7 cm³/mol. The Bertz CT molecular complexity index is 569. The molecular weight excluding hydrogens is 348 g/mol. The fourth-order valence-corrected chi connectivity index (χ4v) is 2.77. The quantitative estimate of drug-likeness (QED) is 0.863. The van der Waals surface area contributed by atoms with Crippen molar-refractivity contribution in [2.24, 2.45) is 0 Å². The first-order chi connectivity index (χ1) is 10.3. The lowest BCUT2D eigenvalue weighted by atomic mass is 10.2. The molecule has 2 amide bonds. The average molecular weight is 369 g/mol. The first-order valence-electron chi connectivity index (χ1n) is 7.32. The molecule has 0 spiro atoms. The van der Waals surface area contributed by atoms with Crippen LogP contribution < -0.4 is 5.32 Å². The van der Waals surface area contributed by atoms with E-state index in [0.29, 0.717) is 18.7 Å². The van der Waals surface area contributed by atoms with Crippen LogP contribution in [0.5, 0.6) is 0 Å². The minimum absolute atomic E-state index is 0.179. The number of likely N-dealkylation sites (tertiary alicyclic amines) is 1. The van der Waals surface area contributed by atoms with Crippen LogP contribution in [0.2, 0.25) is 0 Å². The van der Waals surface area contributed by atoms with Crippen LogP contribution in [0.1, 0.15) is 33.6 Å². The molecule has 0 aliphatic carbocycles. The zero-order valence-electron chi connectivity index (χ0n) is 13.1. The summed E-state index contributed by atoms with van der Waals surface area (Å²) in [5.74, 6) is -0.179. The highest BCUT2D eigenvalue weighted by Gasteiger charge is 2.36. The van der Waals surface area contributed by atoms with Gasteiger partial charge in [-0.05, 0) is 51.8 Å². The fourth-order valence-electron chi connectivity index (χ4n) is 2.37. The van der Waals surface area contributed by atoms with Gasteiger partial charge in [0.1, 0.15) is 11.6 Å². The fraction of sp³-hybridized carbons (Fsp3) is 0.500. The molecule has 120 valence electrons. The zero-order valence-corrected chi connectivity index (χ0v) is 14.6. The first kappa shape index (κ1) is 16.8. The number of benzene rings is 1. The molecule has 2 rings (SSSR count).